The quantitative estimate of drug-likeness (QED) is 0.504. The third-order valence-electron chi connectivity index (χ3n) is 3.39. The summed E-state index contributed by atoms with van der Waals surface area (Å²) < 4.78 is 28.6. The monoisotopic (exact) mass is 394 g/mol. The van der Waals surface area contributed by atoms with Crippen LogP contribution in [-0.4, -0.2) is 30.4 Å². The van der Waals surface area contributed by atoms with Gasteiger partial charge in [0.15, 0.2) is 5.82 Å². The highest BCUT2D eigenvalue weighted by Crippen LogP contribution is 2.31. The number of nitrogens with one attached hydrogen (secondary N) is 2. The summed E-state index contributed by atoms with van der Waals surface area (Å²) in [7, 11) is -3.66. The fraction of sp³-hybridized carbons (Fsp3) is 0.583. The first-order valence-corrected chi connectivity index (χ1v) is 10.1. The highest BCUT2D eigenvalue weighted by molar-refractivity contribution is 9.10. The maximum atomic E-state index is 12.6. The lowest BCUT2D eigenvalue weighted by Gasteiger charge is -2.20. The maximum absolute atomic E-state index is 12.6. The van der Waals surface area contributed by atoms with Crippen molar-refractivity contribution in [3.63, 3.8) is 0 Å². The first-order chi connectivity index (χ1) is 9.97. The molecule has 0 bridgehead atoms. The zero-order valence-corrected chi connectivity index (χ0v) is 14.9. The summed E-state index contributed by atoms with van der Waals surface area (Å²) in [6.07, 6.45) is 4.46. The second kappa shape index (κ2) is 7.28. The average molecular weight is 395 g/mol. The number of hydrazine groups is 1. The second-order valence-corrected chi connectivity index (χ2v) is 8.91. The Hall–Kier alpha value is -0.350. The predicted molar refractivity (Wildman–Crippen MR) is 89.6 cm³/mol. The molecule has 1 saturated carbocycles. The van der Waals surface area contributed by atoms with Crippen LogP contribution >= 0.6 is 27.7 Å². The molecule has 9 heteroatoms. The molecule has 2 rings (SSSR count). The van der Waals surface area contributed by atoms with Crippen molar-refractivity contribution in [1.82, 2.24) is 9.71 Å². The first kappa shape index (κ1) is 17.0. The Morgan fingerprint density at radius 1 is 1.52 bits per heavy atom. The van der Waals surface area contributed by atoms with Crippen LogP contribution in [0.3, 0.4) is 0 Å². The second-order valence-electron chi connectivity index (χ2n) is 4.80. The number of nitrogens with zero attached hydrogens (tertiary/aromatic N) is 1. The average Bonchev–Trinajstić information content (AvgIpc) is 2.86. The van der Waals surface area contributed by atoms with Gasteiger partial charge in [-0.2, -0.15) is 11.8 Å². The Morgan fingerprint density at radius 2 is 2.29 bits per heavy atom. The molecule has 0 aliphatic heterocycles. The van der Waals surface area contributed by atoms with Gasteiger partial charge in [-0.25, -0.2) is 24.0 Å². The smallest absolute Gasteiger partial charge is 0.244 e. The van der Waals surface area contributed by atoms with Crippen molar-refractivity contribution >= 4 is 43.5 Å². The standard InChI is InChI=1S/C12H19BrN4O2S2/c1-2-20-10-5-3-4-9(10)17-21(18,19)11-6-8(13)7-15-12(11)16-14/h6-7,9-10,17H,2-5,14H2,1H3,(H,15,16). The van der Waals surface area contributed by atoms with Crippen molar-refractivity contribution in [1.29, 1.82) is 0 Å². The molecular formula is C12H19BrN4O2S2. The molecule has 0 amide bonds. The summed E-state index contributed by atoms with van der Waals surface area (Å²) in [4.78, 5) is 4.05. The van der Waals surface area contributed by atoms with Gasteiger partial charge in [-0.1, -0.05) is 13.3 Å². The van der Waals surface area contributed by atoms with E-state index in [9.17, 15) is 8.42 Å². The molecule has 0 saturated heterocycles. The third kappa shape index (κ3) is 4.10. The van der Waals surface area contributed by atoms with Gasteiger partial charge in [0.2, 0.25) is 10.0 Å². The summed E-state index contributed by atoms with van der Waals surface area (Å²) >= 11 is 5.04. The predicted octanol–water partition coefficient (Wildman–Crippen LogP) is 2.08. The van der Waals surface area contributed by atoms with Crippen LogP contribution in [0.25, 0.3) is 0 Å². The van der Waals surface area contributed by atoms with Crippen LogP contribution in [-0.2, 0) is 10.0 Å². The van der Waals surface area contributed by atoms with Crippen molar-refractivity contribution in [3.05, 3.63) is 16.7 Å². The number of anilines is 1. The third-order valence-corrected chi connectivity index (χ3v) is 6.65. The lowest BCUT2D eigenvalue weighted by atomic mass is 10.3. The van der Waals surface area contributed by atoms with Crippen LogP contribution in [0.2, 0.25) is 0 Å². The van der Waals surface area contributed by atoms with E-state index >= 15 is 0 Å². The zero-order chi connectivity index (χ0) is 15.5. The largest absolute Gasteiger partial charge is 0.307 e. The molecule has 0 aromatic carbocycles. The Kier molecular flexibility index (Phi) is 5.89. The Bertz CT molecular complexity index is 597. The Balaban J connectivity index is 2.24. The van der Waals surface area contributed by atoms with Crippen molar-refractivity contribution in [3.8, 4) is 0 Å². The number of halogens is 1. The van der Waals surface area contributed by atoms with Crippen LogP contribution in [0.5, 0.6) is 0 Å². The number of pyridine rings is 1. The number of nitrogens with two attached hydrogens (primary N) is 1. The zero-order valence-electron chi connectivity index (χ0n) is 11.7. The van der Waals surface area contributed by atoms with Gasteiger partial charge in [0.25, 0.3) is 0 Å². The first-order valence-electron chi connectivity index (χ1n) is 6.74. The molecular weight excluding hydrogens is 376 g/mol. The van der Waals surface area contributed by atoms with Crippen molar-refractivity contribution in [2.24, 2.45) is 5.84 Å². The molecule has 1 heterocycles. The molecule has 21 heavy (non-hydrogen) atoms. The summed E-state index contributed by atoms with van der Waals surface area (Å²) in [5, 5.41) is 0.333. The summed E-state index contributed by atoms with van der Waals surface area (Å²) in [6, 6.07) is 1.46. The molecule has 0 radical (unpaired) electrons. The lowest BCUT2D eigenvalue weighted by Crippen LogP contribution is -2.39. The minimum absolute atomic E-state index is 0.0374. The van der Waals surface area contributed by atoms with Gasteiger partial charge in [0.1, 0.15) is 4.90 Å². The molecule has 1 aliphatic carbocycles. The van der Waals surface area contributed by atoms with Crippen molar-refractivity contribution < 1.29 is 8.42 Å². The molecule has 2 unspecified atom stereocenters. The van der Waals surface area contributed by atoms with Crippen LogP contribution in [0, 0.1) is 0 Å². The fourth-order valence-electron chi connectivity index (χ4n) is 2.47. The van der Waals surface area contributed by atoms with E-state index in [1.165, 1.54) is 12.3 Å². The van der Waals surface area contributed by atoms with Crippen LogP contribution in [0.4, 0.5) is 5.82 Å². The molecule has 2 atom stereocenters. The van der Waals surface area contributed by atoms with E-state index in [4.69, 9.17) is 5.84 Å². The Morgan fingerprint density at radius 3 is 2.95 bits per heavy atom. The van der Waals surface area contributed by atoms with E-state index in [-0.39, 0.29) is 16.8 Å². The van der Waals surface area contributed by atoms with Gasteiger partial charge in [0, 0.05) is 22.0 Å². The van der Waals surface area contributed by atoms with Gasteiger partial charge in [-0.05, 0) is 40.6 Å². The van der Waals surface area contributed by atoms with Gasteiger partial charge >= 0.3 is 0 Å². The summed E-state index contributed by atoms with van der Waals surface area (Å²) in [5.41, 5.74) is 2.33. The molecule has 6 nitrogen and oxygen atoms in total. The van der Waals surface area contributed by atoms with E-state index in [2.05, 4.69) is 38.0 Å². The molecule has 1 aromatic heterocycles. The topological polar surface area (TPSA) is 97.1 Å². The molecule has 1 aliphatic rings. The molecule has 1 fully saturated rings. The number of thioether (sulfide) groups is 1. The Labute approximate surface area is 137 Å². The SMILES string of the molecule is CCSC1CCCC1NS(=O)(=O)c1cc(Br)cnc1NN. The van der Waals surface area contributed by atoms with Gasteiger partial charge in [0.05, 0.1) is 0 Å². The summed E-state index contributed by atoms with van der Waals surface area (Å²) in [6.45, 7) is 2.09. The van der Waals surface area contributed by atoms with E-state index in [0.717, 1.165) is 25.0 Å². The van der Waals surface area contributed by atoms with Gasteiger partial charge < -0.3 is 5.43 Å². The number of hydrogen-bond acceptors (Lipinski definition) is 6. The van der Waals surface area contributed by atoms with Crippen molar-refractivity contribution in [2.45, 2.75) is 42.4 Å². The molecule has 0 spiro atoms. The molecule has 4 N–H and O–H groups in total. The van der Waals surface area contributed by atoms with E-state index in [1.54, 1.807) is 11.8 Å². The van der Waals surface area contributed by atoms with Gasteiger partial charge in [-0.3, -0.25) is 0 Å². The fourth-order valence-corrected chi connectivity index (χ4v) is 5.69. The number of rotatable bonds is 6. The van der Waals surface area contributed by atoms with E-state index < -0.39 is 10.0 Å². The van der Waals surface area contributed by atoms with E-state index in [0.29, 0.717) is 9.72 Å². The minimum Gasteiger partial charge on any atom is -0.307 e. The minimum atomic E-state index is -3.66. The van der Waals surface area contributed by atoms with Crippen molar-refractivity contribution in [2.75, 3.05) is 11.2 Å². The van der Waals surface area contributed by atoms with Crippen LogP contribution in [0.1, 0.15) is 26.2 Å². The van der Waals surface area contributed by atoms with Gasteiger partial charge in [-0.15, -0.1) is 0 Å². The van der Waals surface area contributed by atoms with Crippen LogP contribution in [0.15, 0.2) is 21.6 Å². The number of hydrogen-bond donors (Lipinski definition) is 3. The normalized spacial score (nSPS) is 22.4. The lowest BCUT2D eigenvalue weighted by molar-refractivity contribution is 0.555. The highest BCUT2D eigenvalue weighted by Gasteiger charge is 2.32. The maximum Gasteiger partial charge on any atom is 0.244 e. The molecule has 118 valence electrons. The number of aromatic nitrogens is 1. The highest BCUT2D eigenvalue weighted by atomic mass is 79.9. The van der Waals surface area contributed by atoms with E-state index in [1.807, 2.05) is 0 Å². The molecule has 1 aromatic rings. The summed E-state index contributed by atoms with van der Waals surface area (Å²) in [5.74, 6) is 6.48. The van der Waals surface area contributed by atoms with Crippen LogP contribution < -0.4 is 16.0 Å². The number of sulfonamides is 1. The number of nitrogen functional groups attached to an aromatic ring is 1.